The summed E-state index contributed by atoms with van der Waals surface area (Å²) in [4.78, 5) is 13.5. The van der Waals surface area contributed by atoms with Crippen LogP contribution in [-0.2, 0) is 14.9 Å². The molecule has 1 aromatic rings. The summed E-state index contributed by atoms with van der Waals surface area (Å²) in [5.74, 6) is -0.744. The van der Waals surface area contributed by atoms with Gasteiger partial charge >= 0.3 is 5.97 Å². The van der Waals surface area contributed by atoms with Crippen LogP contribution in [0.3, 0.4) is 0 Å². The van der Waals surface area contributed by atoms with Crippen LogP contribution in [0.4, 0.5) is 0 Å². The fourth-order valence-electron chi connectivity index (χ4n) is 1.80. The summed E-state index contributed by atoms with van der Waals surface area (Å²) in [6.07, 6.45) is 4.63. The highest BCUT2D eigenvalue weighted by Crippen LogP contribution is 2.36. The molecule has 0 radical (unpaired) electrons. The molecule has 0 spiro atoms. The van der Waals surface area contributed by atoms with Crippen molar-refractivity contribution in [3.8, 4) is 0 Å². The summed E-state index contributed by atoms with van der Waals surface area (Å²) < 4.78 is 5.19. The van der Waals surface area contributed by atoms with Gasteiger partial charge in [0, 0.05) is 24.2 Å². The Morgan fingerprint density at radius 2 is 2.43 bits per heavy atom. The summed E-state index contributed by atoms with van der Waals surface area (Å²) in [5.41, 5.74) is 1.10. The first-order valence-corrected chi connectivity index (χ1v) is 4.66. The van der Waals surface area contributed by atoms with E-state index in [4.69, 9.17) is 9.84 Å². The lowest BCUT2D eigenvalue weighted by molar-refractivity contribution is -0.139. The highest BCUT2D eigenvalue weighted by atomic mass is 16.5. The van der Waals surface area contributed by atoms with Crippen molar-refractivity contribution in [2.75, 3.05) is 13.2 Å². The number of ether oxygens (including phenoxy) is 1. The Morgan fingerprint density at radius 1 is 1.64 bits per heavy atom. The van der Waals surface area contributed by atoms with Gasteiger partial charge < -0.3 is 14.8 Å². The number of rotatable bonds is 4. The second kappa shape index (κ2) is 3.46. The third-order valence-electron chi connectivity index (χ3n) is 2.78. The lowest BCUT2D eigenvalue weighted by Gasteiger charge is -2.41. The van der Waals surface area contributed by atoms with Gasteiger partial charge in [-0.15, -0.1) is 0 Å². The lowest BCUT2D eigenvalue weighted by Crippen LogP contribution is -2.46. The quantitative estimate of drug-likeness (QED) is 0.757. The number of carboxylic acid groups (broad SMARTS) is 1. The predicted octanol–water partition coefficient (Wildman–Crippen LogP) is 1.15. The van der Waals surface area contributed by atoms with E-state index >= 15 is 0 Å². The monoisotopic (exact) mass is 195 g/mol. The molecule has 0 saturated carbocycles. The van der Waals surface area contributed by atoms with Crippen molar-refractivity contribution in [2.24, 2.45) is 0 Å². The van der Waals surface area contributed by atoms with Gasteiger partial charge in [0.1, 0.15) is 0 Å². The molecule has 0 atom stereocenters. The van der Waals surface area contributed by atoms with Gasteiger partial charge in [-0.25, -0.2) is 0 Å². The Hall–Kier alpha value is -1.29. The molecule has 2 rings (SSSR count). The summed E-state index contributed by atoms with van der Waals surface area (Å²) in [6, 6.07) is 1.99. The van der Waals surface area contributed by atoms with Gasteiger partial charge in [-0.05, 0) is 18.1 Å². The molecule has 2 N–H and O–H groups in total. The number of hydrogen-bond acceptors (Lipinski definition) is 2. The molecule has 0 unspecified atom stereocenters. The number of aromatic amines is 1. The van der Waals surface area contributed by atoms with E-state index in [0.29, 0.717) is 19.6 Å². The minimum Gasteiger partial charge on any atom is -0.481 e. The molecule has 1 aromatic heterocycles. The van der Waals surface area contributed by atoms with Crippen LogP contribution in [-0.4, -0.2) is 29.3 Å². The van der Waals surface area contributed by atoms with Gasteiger partial charge in [0.2, 0.25) is 0 Å². The standard InChI is InChI=1S/C10H13NO3/c12-9(13)1-3-10(6-14-7-10)8-2-4-11-5-8/h2,4-5,11H,1,3,6-7H2,(H,12,13). The first-order chi connectivity index (χ1) is 6.73. The number of aromatic nitrogens is 1. The highest BCUT2D eigenvalue weighted by molar-refractivity contribution is 5.66. The Bertz CT molecular complexity index is 314. The summed E-state index contributed by atoms with van der Waals surface area (Å²) >= 11 is 0. The second-order valence-electron chi connectivity index (χ2n) is 3.77. The zero-order valence-corrected chi connectivity index (χ0v) is 7.82. The van der Waals surface area contributed by atoms with Crippen molar-refractivity contribution in [3.05, 3.63) is 24.0 Å². The third kappa shape index (κ3) is 1.53. The fraction of sp³-hybridized carbons (Fsp3) is 0.500. The first-order valence-electron chi connectivity index (χ1n) is 4.66. The first kappa shape index (κ1) is 9.27. The van der Waals surface area contributed by atoms with E-state index in [2.05, 4.69) is 4.98 Å². The van der Waals surface area contributed by atoms with Crippen molar-refractivity contribution in [2.45, 2.75) is 18.3 Å². The van der Waals surface area contributed by atoms with Crippen LogP contribution in [0.1, 0.15) is 18.4 Å². The van der Waals surface area contributed by atoms with E-state index in [1.807, 2.05) is 18.5 Å². The van der Waals surface area contributed by atoms with E-state index in [1.54, 1.807) is 0 Å². The number of carbonyl (C=O) groups is 1. The molecule has 1 aliphatic rings. The molecule has 4 nitrogen and oxygen atoms in total. The molecule has 14 heavy (non-hydrogen) atoms. The molecule has 0 aromatic carbocycles. The Kier molecular flexibility index (Phi) is 2.29. The average Bonchev–Trinajstić information content (AvgIpc) is 2.55. The zero-order chi connectivity index (χ0) is 10.0. The normalized spacial score (nSPS) is 18.9. The summed E-state index contributed by atoms with van der Waals surface area (Å²) in [7, 11) is 0. The Balaban J connectivity index is 2.07. The van der Waals surface area contributed by atoms with Crippen molar-refractivity contribution in [1.29, 1.82) is 0 Å². The van der Waals surface area contributed by atoms with Crippen LogP contribution in [0.25, 0.3) is 0 Å². The van der Waals surface area contributed by atoms with Crippen LogP contribution < -0.4 is 0 Å². The minimum atomic E-state index is -0.744. The maximum Gasteiger partial charge on any atom is 0.303 e. The molecular weight excluding hydrogens is 182 g/mol. The van der Waals surface area contributed by atoms with E-state index in [9.17, 15) is 4.79 Å². The summed E-state index contributed by atoms with van der Waals surface area (Å²) in [5, 5.41) is 8.65. The number of aliphatic carboxylic acids is 1. The predicted molar refractivity (Wildman–Crippen MR) is 50.2 cm³/mol. The molecule has 1 fully saturated rings. The van der Waals surface area contributed by atoms with Gasteiger partial charge in [-0.3, -0.25) is 4.79 Å². The molecule has 0 amide bonds. The van der Waals surface area contributed by atoms with Crippen LogP contribution in [0, 0.1) is 0 Å². The molecule has 1 aliphatic heterocycles. The molecule has 0 bridgehead atoms. The van der Waals surface area contributed by atoms with Gasteiger partial charge in [0.15, 0.2) is 0 Å². The average molecular weight is 195 g/mol. The fourth-order valence-corrected chi connectivity index (χ4v) is 1.80. The third-order valence-corrected chi connectivity index (χ3v) is 2.78. The topological polar surface area (TPSA) is 62.3 Å². The molecular formula is C10H13NO3. The van der Waals surface area contributed by atoms with Crippen molar-refractivity contribution in [3.63, 3.8) is 0 Å². The lowest BCUT2D eigenvalue weighted by atomic mass is 9.76. The van der Waals surface area contributed by atoms with Crippen LogP contribution >= 0.6 is 0 Å². The van der Waals surface area contributed by atoms with Gasteiger partial charge in [0.05, 0.1) is 13.2 Å². The van der Waals surface area contributed by atoms with Gasteiger partial charge in [-0.1, -0.05) is 0 Å². The number of carboxylic acids is 1. The van der Waals surface area contributed by atoms with E-state index in [0.717, 1.165) is 5.56 Å². The van der Waals surface area contributed by atoms with E-state index in [1.165, 1.54) is 0 Å². The molecule has 0 aliphatic carbocycles. The van der Waals surface area contributed by atoms with Crippen LogP contribution in [0.15, 0.2) is 18.5 Å². The maximum atomic E-state index is 10.5. The molecule has 4 heteroatoms. The van der Waals surface area contributed by atoms with Gasteiger partial charge in [-0.2, -0.15) is 0 Å². The SMILES string of the molecule is O=C(O)CCC1(c2cc[nH]c2)COC1. The van der Waals surface area contributed by atoms with E-state index in [-0.39, 0.29) is 11.8 Å². The van der Waals surface area contributed by atoms with Crippen LogP contribution in [0.5, 0.6) is 0 Å². The smallest absolute Gasteiger partial charge is 0.303 e. The number of nitrogens with one attached hydrogen (secondary N) is 1. The van der Waals surface area contributed by atoms with Crippen molar-refractivity contribution >= 4 is 5.97 Å². The maximum absolute atomic E-state index is 10.5. The number of hydrogen-bond donors (Lipinski definition) is 2. The van der Waals surface area contributed by atoms with Crippen molar-refractivity contribution < 1.29 is 14.6 Å². The van der Waals surface area contributed by atoms with Crippen molar-refractivity contribution in [1.82, 2.24) is 4.98 Å². The molecule has 2 heterocycles. The largest absolute Gasteiger partial charge is 0.481 e. The highest BCUT2D eigenvalue weighted by Gasteiger charge is 2.40. The Morgan fingerprint density at radius 3 is 2.86 bits per heavy atom. The van der Waals surface area contributed by atoms with Gasteiger partial charge in [0.25, 0.3) is 0 Å². The Labute approximate surface area is 81.9 Å². The number of H-pyrrole nitrogens is 1. The summed E-state index contributed by atoms with van der Waals surface area (Å²) in [6.45, 7) is 1.27. The van der Waals surface area contributed by atoms with Crippen LogP contribution in [0.2, 0.25) is 0 Å². The van der Waals surface area contributed by atoms with E-state index < -0.39 is 5.97 Å². The molecule has 76 valence electrons. The molecule has 1 saturated heterocycles. The second-order valence-corrected chi connectivity index (χ2v) is 3.77. The zero-order valence-electron chi connectivity index (χ0n) is 7.82. The minimum absolute atomic E-state index is 0.0572.